The summed E-state index contributed by atoms with van der Waals surface area (Å²) in [5, 5.41) is 8.61. The number of amides is 4. The Hall–Kier alpha value is -2.81. The van der Waals surface area contributed by atoms with E-state index >= 15 is 0 Å². The van der Waals surface area contributed by atoms with Crippen LogP contribution in [-0.2, 0) is 9.53 Å². The summed E-state index contributed by atoms with van der Waals surface area (Å²) in [6.45, 7) is 5.64. The van der Waals surface area contributed by atoms with Gasteiger partial charge in [-0.1, -0.05) is 0 Å². The average molecular weight is 435 g/mol. The van der Waals surface area contributed by atoms with Crippen LogP contribution in [0.15, 0.2) is 24.3 Å². The lowest BCUT2D eigenvalue weighted by Gasteiger charge is -2.36. The van der Waals surface area contributed by atoms with E-state index in [9.17, 15) is 14.4 Å². The fourth-order valence-corrected chi connectivity index (χ4v) is 3.52. The number of rotatable bonds is 9. The minimum absolute atomic E-state index is 0.0633. The van der Waals surface area contributed by atoms with Crippen molar-refractivity contribution in [3.05, 3.63) is 29.8 Å². The van der Waals surface area contributed by atoms with E-state index in [1.165, 1.54) is 0 Å². The number of carbonyl (C=O) groups is 3. The smallest absolute Gasteiger partial charge is 0.317 e. The number of hydrogen-bond donors (Lipinski definition) is 3. The van der Waals surface area contributed by atoms with Gasteiger partial charge in [0.15, 0.2) is 0 Å². The highest BCUT2D eigenvalue weighted by atomic mass is 16.5. The van der Waals surface area contributed by atoms with Gasteiger partial charge in [0.25, 0.3) is 5.91 Å². The summed E-state index contributed by atoms with van der Waals surface area (Å²) in [4.78, 5) is 39.6. The Morgan fingerprint density at radius 1 is 1.06 bits per heavy atom. The van der Waals surface area contributed by atoms with Crippen LogP contribution in [0.3, 0.4) is 0 Å². The van der Waals surface area contributed by atoms with Crippen molar-refractivity contribution in [1.29, 1.82) is 0 Å². The maximum absolute atomic E-state index is 12.9. The molecule has 1 aromatic rings. The van der Waals surface area contributed by atoms with E-state index in [-0.39, 0.29) is 29.8 Å². The van der Waals surface area contributed by atoms with Crippen molar-refractivity contribution < 1.29 is 23.9 Å². The van der Waals surface area contributed by atoms with E-state index in [0.717, 1.165) is 0 Å². The Balaban J connectivity index is 2.05. The zero-order valence-corrected chi connectivity index (χ0v) is 18.8. The van der Waals surface area contributed by atoms with Gasteiger partial charge in [-0.3, -0.25) is 9.59 Å². The van der Waals surface area contributed by atoms with Crippen LogP contribution in [0.1, 0.15) is 37.0 Å². The fraction of sp³-hybridized carbons (Fsp3) is 0.591. The summed E-state index contributed by atoms with van der Waals surface area (Å²) in [6, 6.07) is 6.00. The van der Waals surface area contributed by atoms with Crippen LogP contribution >= 0.6 is 0 Å². The molecule has 1 fully saturated rings. The van der Waals surface area contributed by atoms with Gasteiger partial charge in [-0.2, -0.15) is 0 Å². The SMILES string of the molecule is COCCNC(=O)C(NC(=O)c1ccc(OC)cc1)C1CCN(C(=O)NC(C)C)CC1. The molecule has 2 rings (SSSR count). The molecule has 31 heavy (non-hydrogen) atoms. The molecule has 1 saturated heterocycles. The first kappa shape index (κ1) is 24.5. The first-order valence-electron chi connectivity index (χ1n) is 10.6. The third-order valence-electron chi connectivity index (χ3n) is 5.24. The van der Waals surface area contributed by atoms with Crippen molar-refractivity contribution in [2.75, 3.05) is 40.5 Å². The van der Waals surface area contributed by atoms with Gasteiger partial charge in [0.05, 0.1) is 13.7 Å². The lowest BCUT2D eigenvalue weighted by atomic mass is 9.88. The number of methoxy groups -OCH3 is 2. The number of likely N-dealkylation sites (tertiary alicyclic amines) is 1. The second-order valence-corrected chi connectivity index (χ2v) is 7.89. The molecule has 9 heteroatoms. The van der Waals surface area contributed by atoms with Crippen LogP contribution in [0, 0.1) is 5.92 Å². The quantitative estimate of drug-likeness (QED) is 0.509. The van der Waals surface area contributed by atoms with Crippen LogP contribution in [-0.4, -0.2) is 75.3 Å². The molecule has 3 N–H and O–H groups in total. The second-order valence-electron chi connectivity index (χ2n) is 7.89. The zero-order chi connectivity index (χ0) is 22.8. The number of urea groups is 1. The Morgan fingerprint density at radius 2 is 1.71 bits per heavy atom. The Labute approximate surface area is 183 Å². The Bertz CT molecular complexity index is 730. The highest BCUT2D eigenvalue weighted by Gasteiger charge is 2.34. The Morgan fingerprint density at radius 3 is 2.26 bits per heavy atom. The van der Waals surface area contributed by atoms with Crippen molar-refractivity contribution >= 4 is 17.8 Å². The van der Waals surface area contributed by atoms with Crippen molar-refractivity contribution in [1.82, 2.24) is 20.9 Å². The number of hydrogen-bond acceptors (Lipinski definition) is 5. The first-order chi connectivity index (χ1) is 14.8. The predicted molar refractivity (Wildman–Crippen MR) is 117 cm³/mol. The van der Waals surface area contributed by atoms with Gasteiger partial charge >= 0.3 is 6.03 Å². The minimum atomic E-state index is -0.693. The van der Waals surface area contributed by atoms with E-state index in [1.54, 1.807) is 43.4 Å². The molecule has 0 aromatic heterocycles. The summed E-state index contributed by atoms with van der Waals surface area (Å²) in [6.07, 6.45) is 1.24. The van der Waals surface area contributed by atoms with E-state index in [1.807, 2.05) is 13.8 Å². The molecule has 0 bridgehead atoms. The molecule has 4 amide bonds. The normalized spacial score (nSPS) is 15.3. The summed E-state index contributed by atoms with van der Waals surface area (Å²) < 4.78 is 10.1. The maximum atomic E-state index is 12.9. The zero-order valence-electron chi connectivity index (χ0n) is 18.8. The van der Waals surface area contributed by atoms with Crippen molar-refractivity contribution in [3.8, 4) is 5.75 Å². The molecule has 0 spiro atoms. The van der Waals surface area contributed by atoms with Crippen molar-refractivity contribution in [2.24, 2.45) is 5.92 Å². The van der Waals surface area contributed by atoms with Crippen LogP contribution in [0.25, 0.3) is 0 Å². The van der Waals surface area contributed by atoms with Crippen molar-refractivity contribution in [3.63, 3.8) is 0 Å². The minimum Gasteiger partial charge on any atom is -0.497 e. The summed E-state index contributed by atoms with van der Waals surface area (Å²) in [7, 11) is 3.12. The number of nitrogens with one attached hydrogen (secondary N) is 3. The Kier molecular flexibility index (Phi) is 9.58. The van der Waals surface area contributed by atoms with Gasteiger partial charge in [-0.25, -0.2) is 4.79 Å². The molecular formula is C22H34N4O5. The molecule has 1 aliphatic rings. The van der Waals surface area contributed by atoms with Gasteiger partial charge in [-0.05, 0) is 56.9 Å². The molecule has 1 unspecified atom stereocenters. The molecule has 1 heterocycles. The standard InChI is InChI=1S/C22H34N4O5/c1-15(2)24-22(29)26-12-9-16(10-13-26)19(21(28)23-11-14-30-3)25-20(27)17-5-7-18(31-4)8-6-17/h5-8,15-16,19H,9-14H2,1-4H3,(H,23,28)(H,24,29)(H,25,27). The predicted octanol–water partition coefficient (Wildman–Crippen LogP) is 1.39. The number of carbonyl (C=O) groups excluding carboxylic acids is 3. The monoisotopic (exact) mass is 434 g/mol. The van der Waals surface area contributed by atoms with Gasteiger partial charge in [-0.15, -0.1) is 0 Å². The van der Waals surface area contributed by atoms with Crippen LogP contribution < -0.4 is 20.7 Å². The van der Waals surface area contributed by atoms with Gasteiger partial charge < -0.3 is 30.3 Å². The summed E-state index contributed by atoms with van der Waals surface area (Å²) in [5.41, 5.74) is 0.448. The van der Waals surface area contributed by atoms with Gasteiger partial charge in [0.2, 0.25) is 5.91 Å². The van der Waals surface area contributed by atoms with Crippen LogP contribution in [0.5, 0.6) is 5.75 Å². The summed E-state index contributed by atoms with van der Waals surface area (Å²) in [5.74, 6) is 0.00353. The highest BCUT2D eigenvalue weighted by Crippen LogP contribution is 2.22. The van der Waals surface area contributed by atoms with Crippen LogP contribution in [0.4, 0.5) is 4.79 Å². The largest absolute Gasteiger partial charge is 0.497 e. The first-order valence-corrected chi connectivity index (χ1v) is 10.6. The molecule has 1 aliphatic heterocycles. The molecule has 9 nitrogen and oxygen atoms in total. The molecule has 0 saturated carbocycles. The molecular weight excluding hydrogens is 400 g/mol. The molecule has 0 radical (unpaired) electrons. The lowest BCUT2D eigenvalue weighted by molar-refractivity contribution is -0.124. The third-order valence-corrected chi connectivity index (χ3v) is 5.24. The van der Waals surface area contributed by atoms with E-state index < -0.39 is 6.04 Å². The third kappa shape index (κ3) is 7.43. The van der Waals surface area contributed by atoms with E-state index in [0.29, 0.717) is 50.4 Å². The van der Waals surface area contributed by atoms with Gasteiger partial charge in [0.1, 0.15) is 11.8 Å². The van der Waals surface area contributed by atoms with Crippen molar-refractivity contribution in [2.45, 2.75) is 38.8 Å². The summed E-state index contributed by atoms with van der Waals surface area (Å²) >= 11 is 0. The molecule has 172 valence electrons. The maximum Gasteiger partial charge on any atom is 0.317 e. The number of benzene rings is 1. The topological polar surface area (TPSA) is 109 Å². The number of ether oxygens (including phenoxy) is 2. The molecule has 1 atom stereocenters. The second kappa shape index (κ2) is 12.1. The average Bonchev–Trinajstić information content (AvgIpc) is 2.77. The van der Waals surface area contributed by atoms with E-state index in [2.05, 4.69) is 16.0 Å². The number of nitrogens with zero attached hydrogens (tertiary/aromatic N) is 1. The van der Waals surface area contributed by atoms with Gasteiger partial charge in [0, 0.05) is 38.3 Å². The van der Waals surface area contributed by atoms with Crippen LogP contribution in [0.2, 0.25) is 0 Å². The highest BCUT2D eigenvalue weighted by molar-refractivity contribution is 5.97. The number of piperidine rings is 1. The lowest BCUT2D eigenvalue weighted by Crippen LogP contribution is -2.55. The molecule has 1 aromatic carbocycles. The van der Waals surface area contributed by atoms with E-state index in [4.69, 9.17) is 9.47 Å². The molecule has 0 aliphatic carbocycles. The fourth-order valence-electron chi connectivity index (χ4n) is 3.52.